The smallest absolute Gasteiger partial charge is 0.246 e. The molecule has 0 saturated carbocycles. The van der Waals surface area contributed by atoms with Gasteiger partial charge >= 0.3 is 0 Å². The normalized spacial score (nSPS) is 11.2. The van der Waals surface area contributed by atoms with Gasteiger partial charge in [0.15, 0.2) is 11.0 Å². The van der Waals surface area contributed by atoms with Gasteiger partial charge in [-0.15, -0.1) is 0 Å². The molecule has 0 spiro atoms. The molecule has 2 aromatic carbocycles. The maximum absolute atomic E-state index is 13.1. The molecule has 0 unspecified atom stereocenters. The number of para-hydroxylation sites is 2. The monoisotopic (exact) mass is 474 g/mol. The zero-order chi connectivity index (χ0) is 22.8. The Morgan fingerprint density at radius 3 is 2.64 bits per heavy atom. The zero-order valence-corrected chi connectivity index (χ0v) is 19.9. The number of aromatic nitrogens is 5. The summed E-state index contributed by atoms with van der Waals surface area (Å²) in [5.74, 6) is 2.30. The zero-order valence-electron chi connectivity index (χ0n) is 18.2. The number of fused-ring (bicyclic) bond motifs is 1. The molecule has 0 aliphatic carbocycles. The first kappa shape index (κ1) is 21.4. The molecule has 0 aliphatic heterocycles. The lowest BCUT2D eigenvalue weighted by Crippen LogP contribution is -2.20. The van der Waals surface area contributed by atoms with E-state index in [2.05, 4.69) is 10.3 Å². The Balaban J connectivity index is 1.46. The number of carbonyl (C=O) groups is 1. The van der Waals surface area contributed by atoms with Crippen LogP contribution < -0.4 is 5.32 Å². The van der Waals surface area contributed by atoms with Crippen molar-refractivity contribution in [1.82, 2.24) is 24.1 Å². The molecule has 0 aliphatic rings. The summed E-state index contributed by atoms with van der Waals surface area (Å²) in [6.07, 6.45) is 5.70. The second-order valence-corrected chi connectivity index (χ2v) is 9.37. The lowest BCUT2D eigenvalue weighted by atomic mass is 10.1. The van der Waals surface area contributed by atoms with Crippen LogP contribution in [0.1, 0.15) is 5.82 Å². The van der Waals surface area contributed by atoms with Crippen LogP contribution in [0, 0.1) is 0 Å². The third-order valence-electron chi connectivity index (χ3n) is 5.25. The fourth-order valence-electron chi connectivity index (χ4n) is 3.74. The number of anilines is 1. The van der Waals surface area contributed by atoms with E-state index >= 15 is 0 Å². The van der Waals surface area contributed by atoms with Crippen molar-refractivity contribution in [1.29, 1.82) is 0 Å². The fourth-order valence-corrected chi connectivity index (χ4v) is 5.27. The Labute approximate surface area is 199 Å². The van der Waals surface area contributed by atoms with Crippen molar-refractivity contribution in [3.8, 4) is 22.0 Å². The number of nitrogens with zero attached hydrogens (tertiary/aromatic N) is 5. The molecule has 3 aromatic heterocycles. The molecule has 5 aromatic rings. The Bertz CT molecular complexity index is 1420. The Morgan fingerprint density at radius 2 is 1.88 bits per heavy atom. The number of hydrogen-bond acceptors (Lipinski definition) is 6. The van der Waals surface area contributed by atoms with Gasteiger partial charge in [0.2, 0.25) is 5.91 Å². The Kier molecular flexibility index (Phi) is 5.97. The Morgan fingerprint density at radius 1 is 1.09 bits per heavy atom. The molecule has 33 heavy (non-hydrogen) atoms. The molecule has 166 valence electrons. The van der Waals surface area contributed by atoms with Gasteiger partial charge in [0.05, 0.1) is 27.4 Å². The van der Waals surface area contributed by atoms with Gasteiger partial charge in [0.1, 0.15) is 12.4 Å². The summed E-state index contributed by atoms with van der Waals surface area (Å²) in [6.45, 7) is 0.175. The highest BCUT2D eigenvalue weighted by Gasteiger charge is 2.20. The van der Waals surface area contributed by atoms with Gasteiger partial charge in [0, 0.05) is 25.0 Å². The van der Waals surface area contributed by atoms with E-state index in [9.17, 15) is 4.79 Å². The van der Waals surface area contributed by atoms with Gasteiger partial charge in [-0.05, 0) is 18.4 Å². The highest BCUT2D eigenvalue weighted by Crippen LogP contribution is 2.38. The molecule has 0 atom stereocenters. The first-order valence-electron chi connectivity index (χ1n) is 10.4. The quantitative estimate of drug-likeness (QED) is 0.357. The summed E-state index contributed by atoms with van der Waals surface area (Å²) in [5.41, 5.74) is 3.64. The molecule has 0 radical (unpaired) electrons. The second kappa shape index (κ2) is 9.21. The molecule has 7 nitrogen and oxygen atoms in total. The van der Waals surface area contributed by atoms with Gasteiger partial charge in [-0.2, -0.15) is 11.8 Å². The van der Waals surface area contributed by atoms with Gasteiger partial charge in [-0.1, -0.05) is 53.8 Å². The SMILES string of the molecule is CSCc1nc2ccccc2n1CC(=O)Nc1nc(-c2ccccc2)c(-c2nccn2C)s1. The van der Waals surface area contributed by atoms with E-state index in [1.807, 2.05) is 83.2 Å². The summed E-state index contributed by atoms with van der Waals surface area (Å²) in [4.78, 5) is 28.0. The van der Waals surface area contributed by atoms with E-state index in [1.54, 1.807) is 18.0 Å². The number of benzene rings is 2. The first-order valence-corrected chi connectivity index (χ1v) is 12.6. The van der Waals surface area contributed by atoms with E-state index in [4.69, 9.17) is 9.97 Å². The van der Waals surface area contributed by atoms with Crippen LogP contribution in [0.4, 0.5) is 5.13 Å². The standard InChI is InChI=1S/C24H22N6OS2/c1-29-13-12-25-23(29)22-21(16-8-4-3-5-9-16)28-24(33-22)27-20(31)14-30-18-11-7-6-10-17(18)26-19(30)15-32-2/h3-13H,14-15H2,1-2H3,(H,27,28,31). The third kappa shape index (κ3) is 4.29. The summed E-state index contributed by atoms with van der Waals surface area (Å²) < 4.78 is 3.93. The molecular formula is C24H22N6OS2. The van der Waals surface area contributed by atoms with E-state index in [0.717, 1.165) is 44.6 Å². The number of rotatable bonds is 7. The summed E-state index contributed by atoms with van der Waals surface area (Å²) in [5, 5.41) is 3.55. The molecule has 0 bridgehead atoms. The van der Waals surface area contributed by atoms with Crippen molar-refractivity contribution in [3.05, 3.63) is 72.8 Å². The first-order chi connectivity index (χ1) is 16.1. The van der Waals surface area contributed by atoms with Gasteiger partial charge in [-0.25, -0.2) is 15.0 Å². The number of aryl methyl sites for hydroxylation is 1. The molecular weight excluding hydrogens is 452 g/mol. The largest absolute Gasteiger partial charge is 0.333 e. The number of thiazole rings is 1. The Hall–Kier alpha value is -3.43. The number of carbonyl (C=O) groups excluding carboxylic acids is 1. The minimum absolute atomic E-state index is 0.139. The lowest BCUT2D eigenvalue weighted by Gasteiger charge is -2.08. The summed E-state index contributed by atoms with van der Waals surface area (Å²) in [6, 6.07) is 17.9. The van der Waals surface area contributed by atoms with Crippen molar-refractivity contribution in [3.63, 3.8) is 0 Å². The lowest BCUT2D eigenvalue weighted by molar-refractivity contribution is -0.116. The van der Waals surface area contributed by atoms with E-state index in [1.165, 1.54) is 11.3 Å². The number of nitrogens with one attached hydrogen (secondary N) is 1. The minimum Gasteiger partial charge on any atom is -0.333 e. The van der Waals surface area contributed by atoms with Crippen LogP contribution >= 0.6 is 23.1 Å². The minimum atomic E-state index is -0.139. The molecule has 1 N–H and O–H groups in total. The predicted octanol–water partition coefficient (Wildman–Crippen LogP) is 5.06. The van der Waals surface area contributed by atoms with Crippen molar-refractivity contribution in [2.45, 2.75) is 12.3 Å². The van der Waals surface area contributed by atoms with Gasteiger partial charge in [0.25, 0.3) is 0 Å². The van der Waals surface area contributed by atoms with Crippen LogP contribution in [0.2, 0.25) is 0 Å². The van der Waals surface area contributed by atoms with Crippen LogP contribution in [0.25, 0.3) is 33.0 Å². The molecule has 0 fully saturated rings. The van der Waals surface area contributed by atoms with Crippen molar-refractivity contribution >= 4 is 45.2 Å². The molecule has 5 rings (SSSR count). The van der Waals surface area contributed by atoms with E-state index < -0.39 is 0 Å². The number of imidazole rings is 2. The fraction of sp³-hybridized carbons (Fsp3) is 0.167. The van der Waals surface area contributed by atoms with Crippen LogP contribution in [0.5, 0.6) is 0 Å². The van der Waals surface area contributed by atoms with Crippen LogP contribution in [0.3, 0.4) is 0 Å². The highest BCUT2D eigenvalue weighted by molar-refractivity contribution is 7.97. The molecule has 1 amide bonds. The maximum atomic E-state index is 13.1. The topological polar surface area (TPSA) is 77.6 Å². The average Bonchev–Trinajstić information content (AvgIpc) is 3.52. The molecule has 3 heterocycles. The predicted molar refractivity (Wildman–Crippen MR) is 135 cm³/mol. The highest BCUT2D eigenvalue weighted by atomic mass is 32.2. The van der Waals surface area contributed by atoms with Gasteiger partial charge < -0.3 is 14.5 Å². The van der Waals surface area contributed by atoms with Crippen LogP contribution in [0.15, 0.2) is 67.0 Å². The van der Waals surface area contributed by atoms with Crippen LogP contribution in [-0.2, 0) is 24.1 Å². The van der Waals surface area contributed by atoms with E-state index in [-0.39, 0.29) is 12.5 Å². The van der Waals surface area contributed by atoms with Gasteiger partial charge in [-0.3, -0.25) is 4.79 Å². The third-order valence-corrected chi connectivity index (χ3v) is 6.77. The molecule has 9 heteroatoms. The molecule has 0 saturated heterocycles. The average molecular weight is 475 g/mol. The number of hydrogen-bond donors (Lipinski definition) is 1. The van der Waals surface area contributed by atoms with E-state index in [0.29, 0.717) is 5.13 Å². The van der Waals surface area contributed by atoms with Crippen molar-refractivity contribution < 1.29 is 4.79 Å². The number of amides is 1. The second-order valence-electron chi connectivity index (χ2n) is 7.51. The maximum Gasteiger partial charge on any atom is 0.246 e. The van der Waals surface area contributed by atoms with Crippen molar-refractivity contribution in [2.75, 3.05) is 11.6 Å². The summed E-state index contributed by atoms with van der Waals surface area (Å²) >= 11 is 3.11. The number of thioether (sulfide) groups is 1. The van der Waals surface area contributed by atoms with Crippen LogP contribution in [-0.4, -0.2) is 36.2 Å². The summed E-state index contributed by atoms with van der Waals surface area (Å²) in [7, 11) is 1.95. The van der Waals surface area contributed by atoms with Crippen molar-refractivity contribution in [2.24, 2.45) is 7.05 Å².